The summed E-state index contributed by atoms with van der Waals surface area (Å²) < 4.78 is 43.5. The Balaban J connectivity index is 2.21. The van der Waals surface area contributed by atoms with Crippen molar-refractivity contribution in [2.45, 2.75) is 149 Å². The largest absolute Gasteiger partial charge is 0.488 e. The van der Waals surface area contributed by atoms with Gasteiger partial charge < -0.3 is 35.3 Å². The van der Waals surface area contributed by atoms with Gasteiger partial charge in [-0.2, -0.15) is 0 Å². The molecule has 2 rings (SSSR count). The van der Waals surface area contributed by atoms with Crippen molar-refractivity contribution in [2.24, 2.45) is 11.3 Å². The van der Waals surface area contributed by atoms with Gasteiger partial charge in [0.25, 0.3) is 0 Å². The smallest absolute Gasteiger partial charge is 0.407 e. The van der Waals surface area contributed by atoms with Crippen molar-refractivity contribution >= 4 is 39.9 Å². The molecule has 1 aromatic carbocycles. The van der Waals surface area contributed by atoms with Gasteiger partial charge in [-0.15, -0.1) is 0 Å². The molecule has 1 aliphatic rings. The first kappa shape index (κ1) is 47.2. The number of ether oxygens (including phenoxy) is 3. The number of hydrogen-bond acceptors (Lipinski definition) is 10. The van der Waals surface area contributed by atoms with E-state index in [0.717, 1.165) is 6.26 Å². The molecule has 0 aliphatic heterocycles. The number of carboxylic acids is 1. The number of esters is 1. The molecule has 3 amide bonds. The molecule has 0 spiro atoms. The van der Waals surface area contributed by atoms with Crippen LogP contribution in [0.3, 0.4) is 0 Å². The van der Waals surface area contributed by atoms with Gasteiger partial charge in [-0.3, -0.25) is 14.4 Å². The molecule has 15 nitrogen and oxygen atoms in total. The Morgan fingerprint density at radius 3 is 1.91 bits per heavy atom. The highest BCUT2D eigenvalue weighted by Gasteiger charge is 2.46. The van der Waals surface area contributed by atoms with Gasteiger partial charge in [-0.25, -0.2) is 22.7 Å². The van der Waals surface area contributed by atoms with Crippen LogP contribution in [0.15, 0.2) is 24.3 Å². The summed E-state index contributed by atoms with van der Waals surface area (Å²) in [7, 11) is -3.81. The first-order valence-electron chi connectivity index (χ1n) is 18.9. The Morgan fingerprint density at radius 2 is 1.40 bits per heavy atom. The van der Waals surface area contributed by atoms with E-state index >= 15 is 0 Å². The van der Waals surface area contributed by atoms with Gasteiger partial charge in [0.1, 0.15) is 34.6 Å². The molecule has 1 saturated carbocycles. The molecule has 0 radical (unpaired) electrons. The predicted octanol–water partition coefficient (Wildman–Crippen LogP) is 4.61. The van der Waals surface area contributed by atoms with Crippen LogP contribution in [-0.2, 0) is 45.1 Å². The summed E-state index contributed by atoms with van der Waals surface area (Å²) >= 11 is 0. The number of aliphatic carboxylic acids is 1. The Kier molecular flexibility index (Phi) is 17.0. The molecule has 1 aliphatic carbocycles. The molecule has 5 N–H and O–H groups in total. The molecule has 0 heterocycles. The average Bonchev–Trinajstić information content (AvgIpc) is 3.49. The normalized spacial score (nSPS) is 16.3. The van der Waals surface area contributed by atoms with E-state index in [1.807, 2.05) is 20.8 Å². The summed E-state index contributed by atoms with van der Waals surface area (Å²) in [5.41, 5.74) is -2.40. The Bertz CT molecular complexity index is 1570. The van der Waals surface area contributed by atoms with Crippen molar-refractivity contribution in [3.8, 4) is 5.75 Å². The van der Waals surface area contributed by atoms with Crippen LogP contribution in [0.2, 0.25) is 0 Å². The van der Waals surface area contributed by atoms with E-state index in [1.165, 1.54) is 0 Å². The van der Waals surface area contributed by atoms with Crippen LogP contribution in [0.5, 0.6) is 5.75 Å². The van der Waals surface area contributed by atoms with E-state index in [0.29, 0.717) is 49.8 Å². The second kappa shape index (κ2) is 19.8. The van der Waals surface area contributed by atoms with Crippen LogP contribution in [-0.4, -0.2) is 91.6 Å². The van der Waals surface area contributed by atoms with Crippen LogP contribution in [0, 0.1) is 11.3 Å². The number of carboxylic acid groups (broad SMARTS) is 1. The van der Waals surface area contributed by atoms with Gasteiger partial charge >= 0.3 is 18.0 Å². The average molecular weight is 797 g/mol. The SMILES string of the molecule is CC(C)(C)OC(=O)NCCCC[C@H](NS(C)(=O)=O)C(=O)NC[C@H](CC1(C(=O)N[C@@H](Cc2ccc(OC(C)(C)C)cc2)C(=O)O)CCCC1)C(=O)OC(C)(C)C. The minimum Gasteiger partial charge on any atom is -0.488 e. The van der Waals surface area contributed by atoms with E-state index in [9.17, 15) is 37.5 Å². The highest BCUT2D eigenvalue weighted by atomic mass is 32.2. The van der Waals surface area contributed by atoms with E-state index in [2.05, 4.69) is 20.7 Å². The molecule has 1 fully saturated rings. The zero-order chi connectivity index (χ0) is 41.8. The number of carbonyl (C=O) groups is 5. The van der Waals surface area contributed by atoms with Crippen LogP contribution >= 0.6 is 0 Å². The Labute approximate surface area is 326 Å². The third-order valence-corrected chi connectivity index (χ3v) is 9.31. The number of sulfonamides is 1. The second-order valence-electron chi connectivity index (χ2n) is 17.5. The fourth-order valence-corrected chi connectivity index (χ4v) is 7.03. The molecular weight excluding hydrogens is 733 g/mol. The maximum atomic E-state index is 14.1. The highest BCUT2D eigenvalue weighted by Crippen LogP contribution is 2.44. The summed E-state index contributed by atoms with van der Waals surface area (Å²) in [6, 6.07) is 4.58. The van der Waals surface area contributed by atoms with E-state index in [1.54, 1.807) is 65.8 Å². The van der Waals surface area contributed by atoms with Crippen LogP contribution in [0.1, 0.15) is 119 Å². The lowest BCUT2D eigenvalue weighted by Crippen LogP contribution is -2.51. The van der Waals surface area contributed by atoms with Gasteiger partial charge in [0.05, 0.1) is 17.6 Å². The second-order valence-corrected chi connectivity index (χ2v) is 19.2. The number of hydrogen-bond donors (Lipinski definition) is 5. The molecule has 1 aromatic rings. The number of benzene rings is 1. The molecule has 0 bridgehead atoms. The van der Waals surface area contributed by atoms with Gasteiger partial charge in [0, 0.05) is 19.5 Å². The van der Waals surface area contributed by atoms with E-state index in [4.69, 9.17) is 14.2 Å². The predicted molar refractivity (Wildman–Crippen MR) is 208 cm³/mol. The van der Waals surface area contributed by atoms with Gasteiger partial charge in [-0.05, 0) is 119 Å². The molecule has 0 unspecified atom stereocenters. The zero-order valence-electron chi connectivity index (χ0n) is 34.3. The maximum absolute atomic E-state index is 14.1. The molecule has 0 saturated heterocycles. The lowest BCUT2D eigenvalue weighted by Gasteiger charge is -2.33. The lowest BCUT2D eigenvalue weighted by molar-refractivity contribution is -0.161. The summed E-state index contributed by atoms with van der Waals surface area (Å²) in [5, 5.41) is 18.2. The van der Waals surface area contributed by atoms with Crippen LogP contribution in [0.25, 0.3) is 0 Å². The number of carbonyl (C=O) groups excluding carboxylic acids is 4. The fourth-order valence-electron chi connectivity index (χ4n) is 6.29. The van der Waals surface area contributed by atoms with Crippen molar-refractivity contribution in [2.75, 3.05) is 19.3 Å². The summed E-state index contributed by atoms with van der Waals surface area (Å²) in [5.74, 6) is -3.42. The number of nitrogens with one attached hydrogen (secondary N) is 4. The van der Waals surface area contributed by atoms with Gasteiger partial charge in [0.2, 0.25) is 21.8 Å². The van der Waals surface area contributed by atoms with E-state index < -0.39 is 80.1 Å². The summed E-state index contributed by atoms with van der Waals surface area (Å²) in [6.07, 6.45) is 3.38. The number of amides is 3. The van der Waals surface area contributed by atoms with Gasteiger partial charge in [0.15, 0.2) is 0 Å². The molecule has 3 atom stereocenters. The van der Waals surface area contributed by atoms with E-state index in [-0.39, 0.29) is 32.4 Å². The molecule has 55 heavy (non-hydrogen) atoms. The van der Waals surface area contributed by atoms with Crippen molar-refractivity contribution < 1.29 is 51.7 Å². The Hall–Kier alpha value is -3.92. The lowest BCUT2D eigenvalue weighted by atomic mass is 9.76. The third kappa shape index (κ3) is 18.5. The third-order valence-electron chi connectivity index (χ3n) is 8.59. The van der Waals surface area contributed by atoms with Crippen LogP contribution < -0.4 is 25.4 Å². The zero-order valence-corrected chi connectivity index (χ0v) is 35.1. The van der Waals surface area contributed by atoms with Crippen molar-refractivity contribution in [3.63, 3.8) is 0 Å². The molecule has 312 valence electrons. The van der Waals surface area contributed by atoms with Crippen molar-refractivity contribution in [3.05, 3.63) is 29.8 Å². The van der Waals surface area contributed by atoms with Crippen LogP contribution in [0.4, 0.5) is 4.79 Å². The molecular formula is C39H64N4O11S. The highest BCUT2D eigenvalue weighted by molar-refractivity contribution is 7.88. The van der Waals surface area contributed by atoms with Gasteiger partial charge in [-0.1, -0.05) is 25.0 Å². The molecule has 16 heteroatoms. The minimum atomic E-state index is -3.81. The fraction of sp³-hybridized carbons (Fsp3) is 0.718. The van der Waals surface area contributed by atoms with Crippen molar-refractivity contribution in [1.29, 1.82) is 0 Å². The first-order chi connectivity index (χ1) is 25.2. The monoisotopic (exact) mass is 796 g/mol. The minimum absolute atomic E-state index is 0.0181. The van der Waals surface area contributed by atoms with Crippen molar-refractivity contribution in [1.82, 2.24) is 20.7 Å². The molecule has 0 aromatic heterocycles. The summed E-state index contributed by atoms with van der Waals surface area (Å²) in [4.78, 5) is 65.5. The number of rotatable bonds is 19. The summed E-state index contributed by atoms with van der Waals surface area (Å²) in [6.45, 7) is 16.1. The number of alkyl carbamates (subject to hydrolysis) is 1. The quantitative estimate of drug-likeness (QED) is 0.0963. The first-order valence-corrected chi connectivity index (χ1v) is 20.8. The number of unbranched alkanes of at least 4 members (excludes halogenated alkanes) is 1. The standard InChI is InChI=1S/C39H64N4O11S/c1-36(2,3)52-28-18-16-26(17-19-28)23-30(32(45)46)42-34(48)39(20-12-13-21-39)24-27(33(47)53-37(4,5)6)25-41-31(44)29(43-55(10,50)51)15-11-14-22-40-35(49)54-38(7,8)9/h16-19,27,29-30,43H,11-15,20-25H2,1-10H3,(H,40,49)(H,41,44)(H,42,48)(H,45,46)/t27-,29-,30-/m0/s1. The maximum Gasteiger partial charge on any atom is 0.407 e. The topological polar surface area (TPSA) is 216 Å². The Morgan fingerprint density at radius 1 is 0.818 bits per heavy atom.